The van der Waals surface area contributed by atoms with Gasteiger partial charge in [0, 0.05) is 19.2 Å². The van der Waals surface area contributed by atoms with E-state index in [1.165, 1.54) is 25.7 Å². The molecule has 110 valence electrons. The van der Waals surface area contributed by atoms with Gasteiger partial charge in [0.1, 0.15) is 0 Å². The molecule has 0 aromatic heterocycles. The maximum Gasteiger partial charge on any atom is 0.215 e. The summed E-state index contributed by atoms with van der Waals surface area (Å²) in [6.07, 6.45) is 5.64. The smallest absolute Gasteiger partial charge is 0.215 e. The molecule has 1 aliphatic heterocycles. The minimum absolute atomic E-state index is 0.0131. The third kappa shape index (κ3) is 3.48. The van der Waals surface area contributed by atoms with Crippen molar-refractivity contribution >= 4 is 10.0 Å². The number of ether oxygens (including phenoxy) is 1. The van der Waals surface area contributed by atoms with Crippen LogP contribution in [0.1, 0.15) is 39.0 Å². The molecule has 3 aliphatic rings. The fourth-order valence-corrected chi connectivity index (χ4v) is 3.91. The molecule has 2 aliphatic carbocycles. The van der Waals surface area contributed by atoms with Crippen molar-refractivity contribution in [3.8, 4) is 0 Å². The Bertz CT molecular complexity index is 418. The first kappa shape index (κ1) is 13.8. The molecule has 3 rings (SSSR count). The van der Waals surface area contributed by atoms with Gasteiger partial charge in [-0.25, -0.2) is 13.1 Å². The van der Waals surface area contributed by atoms with E-state index >= 15 is 0 Å². The van der Waals surface area contributed by atoms with Gasteiger partial charge in [0.2, 0.25) is 10.0 Å². The summed E-state index contributed by atoms with van der Waals surface area (Å²) in [7, 11) is -3.24. The average Bonchev–Trinajstić information content (AvgIpc) is 3.27. The topological polar surface area (TPSA) is 67.4 Å². The van der Waals surface area contributed by atoms with Gasteiger partial charge < -0.3 is 10.1 Å². The summed E-state index contributed by atoms with van der Waals surface area (Å²) in [6, 6.07) is 0.535. The van der Waals surface area contributed by atoms with E-state index in [1.54, 1.807) is 6.92 Å². The third-order valence-corrected chi connectivity index (χ3v) is 6.20. The normalized spacial score (nSPS) is 33.5. The number of sulfonamides is 1. The molecule has 3 atom stereocenters. The van der Waals surface area contributed by atoms with Gasteiger partial charge in [-0.15, -0.1) is 0 Å². The predicted molar refractivity (Wildman–Crippen MR) is 73.4 cm³/mol. The molecule has 0 aromatic carbocycles. The van der Waals surface area contributed by atoms with Crippen molar-refractivity contribution in [2.75, 3.05) is 13.2 Å². The van der Waals surface area contributed by atoms with Crippen LogP contribution in [0, 0.1) is 5.92 Å². The van der Waals surface area contributed by atoms with Gasteiger partial charge >= 0.3 is 0 Å². The summed E-state index contributed by atoms with van der Waals surface area (Å²) in [4.78, 5) is 0. The summed E-state index contributed by atoms with van der Waals surface area (Å²) in [5.74, 6) is 0.579. The van der Waals surface area contributed by atoms with E-state index in [0.29, 0.717) is 25.1 Å². The SMILES string of the molecule is CC(CNC1CC1)S(=O)(=O)NC1CCOC1C1CC1. The minimum atomic E-state index is -3.24. The largest absolute Gasteiger partial charge is 0.376 e. The molecule has 1 saturated heterocycles. The van der Waals surface area contributed by atoms with E-state index in [2.05, 4.69) is 10.0 Å². The maximum atomic E-state index is 12.3. The van der Waals surface area contributed by atoms with Crippen molar-refractivity contribution in [2.45, 2.75) is 62.5 Å². The molecule has 0 spiro atoms. The Balaban J connectivity index is 1.53. The fourth-order valence-electron chi connectivity index (χ4n) is 2.68. The molecule has 2 N–H and O–H groups in total. The van der Waals surface area contributed by atoms with Gasteiger partial charge in [-0.1, -0.05) is 0 Å². The molecular formula is C13H24N2O3S. The van der Waals surface area contributed by atoms with Crippen molar-refractivity contribution < 1.29 is 13.2 Å². The predicted octanol–water partition coefficient (Wildman–Crippen LogP) is 0.614. The molecule has 0 amide bonds. The number of hydrogen-bond donors (Lipinski definition) is 2. The second kappa shape index (κ2) is 5.31. The van der Waals surface area contributed by atoms with Crippen LogP contribution in [0.2, 0.25) is 0 Å². The quantitative estimate of drug-likeness (QED) is 0.720. The first-order valence-corrected chi connectivity index (χ1v) is 8.97. The summed E-state index contributed by atoms with van der Waals surface area (Å²) in [5, 5.41) is 2.90. The molecule has 5 nitrogen and oxygen atoms in total. The fraction of sp³-hybridized carbons (Fsp3) is 1.00. The van der Waals surface area contributed by atoms with Crippen LogP contribution < -0.4 is 10.0 Å². The molecule has 1 heterocycles. The Morgan fingerprint density at radius 3 is 2.58 bits per heavy atom. The molecule has 3 fully saturated rings. The molecule has 0 aromatic rings. The Kier molecular flexibility index (Phi) is 3.86. The highest BCUT2D eigenvalue weighted by Gasteiger charge is 2.42. The van der Waals surface area contributed by atoms with Crippen LogP contribution in [-0.4, -0.2) is 45.0 Å². The molecule has 0 bridgehead atoms. The Labute approximate surface area is 115 Å². The van der Waals surface area contributed by atoms with Gasteiger partial charge in [-0.05, 0) is 44.9 Å². The lowest BCUT2D eigenvalue weighted by molar-refractivity contribution is 0.0847. The van der Waals surface area contributed by atoms with E-state index in [0.717, 1.165) is 6.42 Å². The average molecular weight is 288 g/mol. The third-order valence-electron chi connectivity index (χ3n) is 4.34. The van der Waals surface area contributed by atoms with Crippen molar-refractivity contribution in [3.05, 3.63) is 0 Å². The Morgan fingerprint density at radius 2 is 1.95 bits per heavy atom. The van der Waals surface area contributed by atoms with Crippen LogP contribution in [0.4, 0.5) is 0 Å². The highest BCUT2D eigenvalue weighted by Crippen LogP contribution is 2.39. The Hall–Kier alpha value is -0.170. The van der Waals surface area contributed by atoms with Crippen LogP contribution in [0.3, 0.4) is 0 Å². The van der Waals surface area contributed by atoms with Crippen molar-refractivity contribution in [1.82, 2.24) is 10.0 Å². The van der Waals surface area contributed by atoms with Crippen molar-refractivity contribution in [2.24, 2.45) is 5.92 Å². The second-order valence-electron chi connectivity index (χ2n) is 6.22. The lowest BCUT2D eigenvalue weighted by atomic mass is 10.1. The van der Waals surface area contributed by atoms with Crippen LogP contribution in [-0.2, 0) is 14.8 Å². The molecule has 6 heteroatoms. The van der Waals surface area contributed by atoms with Crippen LogP contribution in [0.5, 0.6) is 0 Å². The number of nitrogens with one attached hydrogen (secondary N) is 2. The highest BCUT2D eigenvalue weighted by molar-refractivity contribution is 7.90. The highest BCUT2D eigenvalue weighted by atomic mass is 32.2. The zero-order chi connectivity index (χ0) is 13.5. The van der Waals surface area contributed by atoms with Crippen LogP contribution in [0.15, 0.2) is 0 Å². The van der Waals surface area contributed by atoms with E-state index in [1.807, 2.05) is 0 Å². The molecular weight excluding hydrogens is 264 g/mol. The maximum absolute atomic E-state index is 12.3. The lowest BCUT2D eigenvalue weighted by Gasteiger charge is -2.22. The number of hydrogen-bond acceptors (Lipinski definition) is 4. The summed E-state index contributed by atoms with van der Waals surface area (Å²) < 4.78 is 33.2. The minimum Gasteiger partial charge on any atom is -0.376 e. The van der Waals surface area contributed by atoms with E-state index in [4.69, 9.17) is 4.74 Å². The zero-order valence-corrected chi connectivity index (χ0v) is 12.3. The Morgan fingerprint density at radius 1 is 1.21 bits per heavy atom. The van der Waals surface area contributed by atoms with Crippen LogP contribution >= 0.6 is 0 Å². The second-order valence-corrected chi connectivity index (χ2v) is 8.35. The monoisotopic (exact) mass is 288 g/mol. The van der Waals surface area contributed by atoms with Gasteiger partial charge in [0.15, 0.2) is 0 Å². The summed E-state index contributed by atoms with van der Waals surface area (Å²) in [5.41, 5.74) is 0. The van der Waals surface area contributed by atoms with Crippen molar-refractivity contribution in [3.63, 3.8) is 0 Å². The zero-order valence-electron chi connectivity index (χ0n) is 11.5. The van der Waals surface area contributed by atoms with E-state index in [-0.39, 0.29) is 17.4 Å². The standard InChI is InChI=1S/C13H24N2O3S/c1-9(8-14-11-4-5-11)19(16,17)15-12-6-7-18-13(12)10-2-3-10/h9-15H,2-8H2,1H3. The van der Waals surface area contributed by atoms with Gasteiger partial charge in [0.25, 0.3) is 0 Å². The molecule has 2 saturated carbocycles. The summed E-state index contributed by atoms with van der Waals surface area (Å²) >= 11 is 0. The summed E-state index contributed by atoms with van der Waals surface area (Å²) in [6.45, 7) is 3.00. The molecule has 19 heavy (non-hydrogen) atoms. The first-order chi connectivity index (χ1) is 9.06. The molecule has 0 radical (unpaired) electrons. The van der Waals surface area contributed by atoms with Gasteiger partial charge in [-0.2, -0.15) is 0 Å². The van der Waals surface area contributed by atoms with Gasteiger partial charge in [-0.3, -0.25) is 0 Å². The molecule has 3 unspecified atom stereocenters. The first-order valence-electron chi connectivity index (χ1n) is 7.42. The van der Waals surface area contributed by atoms with E-state index in [9.17, 15) is 8.42 Å². The van der Waals surface area contributed by atoms with Gasteiger partial charge in [0.05, 0.1) is 17.4 Å². The lowest BCUT2D eigenvalue weighted by Crippen LogP contribution is -2.47. The number of rotatable bonds is 7. The van der Waals surface area contributed by atoms with Crippen LogP contribution in [0.25, 0.3) is 0 Å². The van der Waals surface area contributed by atoms with Crippen molar-refractivity contribution in [1.29, 1.82) is 0 Å². The van der Waals surface area contributed by atoms with E-state index < -0.39 is 10.0 Å².